The molecule has 0 aliphatic heterocycles. The van der Waals surface area contributed by atoms with Gasteiger partial charge in [0.25, 0.3) is 0 Å². The Morgan fingerprint density at radius 1 is 0.941 bits per heavy atom. The van der Waals surface area contributed by atoms with Crippen molar-refractivity contribution in [2.45, 2.75) is 18.2 Å². The second-order valence-electron chi connectivity index (χ2n) is 7.82. The molecule has 1 heterocycles. The van der Waals surface area contributed by atoms with Crippen molar-refractivity contribution in [1.82, 2.24) is 15.0 Å². The molecule has 4 rings (SSSR count). The average molecular weight is 494 g/mol. The van der Waals surface area contributed by atoms with Gasteiger partial charge in [-0.05, 0) is 47.9 Å². The van der Waals surface area contributed by atoms with Crippen molar-refractivity contribution in [3.8, 4) is 11.1 Å². The summed E-state index contributed by atoms with van der Waals surface area (Å²) in [5.41, 5.74) is 4.51. The summed E-state index contributed by atoms with van der Waals surface area (Å²) in [6.45, 7) is 2.11. The van der Waals surface area contributed by atoms with Crippen LogP contribution in [0.5, 0.6) is 0 Å². The number of sulfonamides is 1. The Hall–Kier alpha value is -3.26. The number of pyridine rings is 1. The Morgan fingerprint density at radius 2 is 1.68 bits per heavy atom. The number of carbonyl (C=O) groups excluding carboxylic acids is 1. The summed E-state index contributed by atoms with van der Waals surface area (Å²) in [4.78, 5) is 17.6. The number of rotatable bonds is 8. The maximum Gasteiger partial charge on any atom is 0.240 e. The highest BCUT2D eigenvalue weighted by atomic mass is 35.5. The molecule has 0 radical (unpaired) electrons. The molecule has 3 aromatic carbocycles. The fourth-order valence-corrected chi connectivity index (χ4v) is 5.19. The van der Waals surface area contributed by atoms with Crippen LogP contribution in [0.15, 0.2) is 83.8 Å². The number of hydrogen-bond acceptors (Lipinski definition) is 4. The summed E-state index contributed by atoms with van der Waals surface area (Å²) in [7, 11) is -3.71. The SMILES string of the molecule is Cc1nc2ccccc2c(-c2ccccc2)c1CC(=O)NCCNS(=O)(=O)c1cccc(Cl)c1. The molecule has 0 bridgehead atoms. The lowest BCUT2D eigenvalue weighted by molar-refractivity contribution is -0.120. The molecule has 174 valence electrons. The van der Waals surface area contributed by atoms with Crippen molar-refractivity contribution >= 4 is 38.4 Å². The van der Waals surface area contributed by atoms with E-state index in [1.807, 2.05) is 61.5 Å². The first-order chi connectivity index (χ1) is 16.3. The molecule has 0 atom stereocenters. The van der Waals surface area contributed by atoms with Crippen LogP contribution in [0.25, 0.3) is 22.0 Å². The lowest BCUT2D eigenvalue weighted by Gasteiger charge is -2.16. The number of fused-ring (bicyclic) bond motifs is 1. The molecule has 34 heavy (non-hydrogen) atoms. The predicted octanol–water partition coefficient (Wildman–Crippen LogP) is 4.50. The molecule has 4 aromatic rings. The van der Waals surface area contributed by atoms with E-state index in [2.05, 4.69) is 10.0 Å². The number of hydrogen-bond donors (Lipinski definition) is 2. The van der Waals surface area contributed by atoms with Crippen molar-refractivity contribution in [2.75, 3.05) is 13.1 Å². The van der Waals surface area contributed by atoms with Gasteiger partial charge in [-0.1, -0.05) is 66.2 Å². The smallest absolute Gasteiger partial charge is 0.240 e. The third kappa shape index (κ3) is 5.44. The largest absolute Gasteiger partial charge is 0.354 e. The number of aryl methyl sites for hydroxylation is 1. The van der Waals surface area contributed by atoms with E-state index in [-0.39, 0.29) is 30.3 Å². The van der Waals surface area contributed by atoms with Crippen molar-refractivity contribution in [3.63, 3.8) is 0 Å². The van der Waals surface area contributed by atoms with Gasteiger partial charge < -0.3 is 5.32 Å². The number of para-hydroxylation sites is 1. The molecule has 6 nitrogen and oxygen atoms in total. The number of benzene rings is 3. The van der Waals surface area contributed by atoms with Crippen molar-refractivity contribution in [2.24, 2.45) is 0 Å². The minimum absolute atomic E-state index is 0.0566. The van der Waals surface area contributed by atoms with Gasteiger partial charge in [0.05, 0.1) is 16.8 Å². The standard InChI is InChI=1S/C26H24ClN3O3S/c1-18-23(26(19-8-3-2-4-9-19)22-12-5-6-13-24(22)30-18)17-25(31)28-14-15-29-34(32,33)21-11-7-10-20(27)16-21/h2-13,16,29H,14-15,17H2,1H3,(H,28,31). The van der Waals surface area contributed by atoms with Crippen molar-refractivity contribution < 1.29 is 13.2 Å². The first-order valence-electron chi connectivity index (χ1n) is 10.8. The Morgan fingerprint density at radius 3 is 2.44 bits per heavy atom. The quantitative estimate of drug-likeness (QED) is 0.354. The summed E-state index contributed by atoms with van der Waals surface area (Å²) in [5, 5.41) is 4.12. The van der Waals surface area contributed by atoms with Crippen molar-refractivity contribution in [3.05, 3.63) is 95.1 Å². The topological polar surface area (TPSA) is 88.2 Å². The van der Waals surface area contributed by atoms with Gasteiger partial charge in [0.1, 0.15) is 0 Å². The third-order valence-corrected chi connectivity index (χ3v) is 7.14. The van der Waals surface area contributed by atoms with Crippen LogP contribution in [0.1, 0.15) is 11.3 Å². The molecular weight excluding hydrogens is 470 g/mol. The van der Waals surface area contributed by atoms with Crippen molar-refractivity contribution in [1.29, 1.82) is 0 Å². The van der Waals surface area contributed by atoms with E-state index in [9.17, 15) is 13.2 Å². The molecule has 1 amide bonds. The average Bonchev–Trinajstić information content (AvgIpc) is 2.83. The van der Waals surface area contributed by atoms with Crippen LogP contribution in [-0.4, -0.2) is 32.4 Å². The zero-order chi connectivity index (χ0) is 24.1. The molecule has 0 unspecified atom stereocenters. The summed E-state index contributed by atoms with van der Waals surface area (Å²) in [6.07, 6.45) is 0.134. The number of carbonyl (C=O) groups is 1. The number of amides is 1. The normalized spacial score (nSPS) is 11.5. The summed E-state index contributed by atoms with van der Waals surface area (Å²) in [5.74, 6) is -0.209. The molecular formula is C26H24ClN3O3S. The van der Waals surface area contributed by atoms with Gasteiger partial charge >= 0.3 is 0 Å². The zero-order valence-electron chi connectivity index (χ0n) is 18.6. The molecule has 0 spiro atoms. The minimum atomic E-state index is -3.71. The Bertz CT molecular complexity index is 1440. The first-order valence-corrected chi connectivity index (χ1v) is 12.7. The van der Waals surface area contributed by atoms with Crippen LogP contribution < -0.4 is 10.0 Å². The number of nitrogens with zero attached hydrogens (tertiary/aromatic N) is 1. The lowest BCUT2D eigenvalue weighted by Crippen LogP contribution is -2.35. The molecule has 0 saturated carbocycles. The number of aromatic nitrogens is 1. The summed E-state index contributed by atoms with van der Waals surface area (Å²) < 4.78 is 27.3. The van der Waals surface area contributed by atoms with E-state index in [4.69, 9.17) is 16.6 Å². The van der Waals surface area contributed by atoms with E-state index in [1.54, 1.807) is 12.1 Å². The molecule has 8 heteroatoms. The van der Waals surface area contributed by atoms with Crippen LogP contribution in [0.3, 0.4) is 0 Å². The highest BCUT2D eigenvalue weighted by Crippen LogP contribution is 2.33. The van der Waals surface area contributed by atoms with E-state index in [1.165, 1.54) is 12.1 Å². The highest BCUT2D eigenvalue weighted by Gasteiger charge is 2.18. The van der Waals surface area contributed by atoms with E-state index >= 15 is 0 Å². The minimum Gasteiger partial charge on any atom is -0.354 e. The Kier molecular flexibility index (Phi) is 7.26. The molecule has 0 aliphatic carbocycles. The van der Waals surface area contributed by atoms with Gasteiger partial charge in [0, 0.05) is 29.2 Å². The van der Waals surface area contributed by atoms with Gasteiger partial charge in [-0.15, -0.1) is 0 Å². The van der Waals surface area contributed by atoms with Crippen LogP contribution in [-0.2, 0) is 21.2 Å². The Balaban J connectivity index is 1.48. The van der Waals surface area contributed by atoms with Gasteiger partial charge in [0.2, 0.25) is 15.9 Å². The monoisotopic (exact) mass is 493 g/mol. The van der Waals surface area contributed by atoms with Gasteiger partial charge in [-0.2, -0.15) is 0 Å². The van der Waals surface area contributed by atoms with Crippen LogP contribution in [0.2, 0.25) is 5.02 Å². The van der Waals surface area contributed by atoms with Crippen LogP contribution in [0, 0.1) is 6.92 Å². The fourth-order valence-electron chi connectivity index (χ4n) is 3.85. The number of halogens is 1. The maximum atomic E-state index is 12.8. The zero-order valence-corrected chi connectivity index (χ0v) is 20.2. The van der Waals surface area contributed by atoms with Gasteiger partial charge in [0.15, 0.2) is 0 Å². The first kappa shape index (κ1) is 23.9. The highest BCUT2D eigenvalue weighted by molar-refractivity contribution is 7.89. The second kappa shape index (κ2) is 10.3. The maximum absolute atomic E-state index is 12.8. The van der Waals surface area contributed by atoms with Gasteiger partial charge in [-0.25, -0.2) is 13.1 Å². The van der Waals surface area contributed by atoms with E-state index in [0.29, 0.717) is 5.02 Å². The summed E-state index contributed by atoms with van der Waals surface area (Å²) in [6, 6.07) is 23.8. The number of nitrogens with one attached hydrogen (secondary N) is 2. The molecule has 2 N–H and O–H groups in total. The van der Waals surface area contributed by atoms with Crippen LogP contribution >= 0.6 is 11.6 Å². The van der Waals surface area contributed by atoms with Crippen LogP contribution in [0.4, 0.5) is 0 Å². The predicted molar refractivity (Wildman–Crippen MR) is 135 cm³/mol. The Labute approximate surface area is 204 Å². The summed E-state index contributed by atoms with van der Waals surface area (Å²) >= 11 is 5.88. The third-order valence-electron chi connectivity index (χ3n) is 5.45. The lowest BCUT2D eigenvalue weighted by atomic mass is 9.92. The fraction of sp³-hybridized carbons (Fsp3) is 0.154. The van der Waals surface area contributed by atoms with E-state index < -0.39 is 10.0 Å². The molecule has 0 aliphatic rings. The second-order valence-corrected chi connectivity index (χ2v) is 10.0. The molecule has 0 saturated heterocycles. The van der Waals surface area contributed by atoms with Gasteiger partial charge in [-0.3, -0.25) is 9.78 Å². The molecule has 0 fully saturated rings. The van der Waals surface area contributed by atoms with E-state index in [0.717, 1.165) is 33.3 Å². The molecule has 1 aromatic heterocycles.